The molecule has 2 N–H and O–H groups in total. The predicted molar refractivity (Wildman–Crippen MR) is 108 cm³/mol. The molecule has 0 spiro atoms. The van der Waals surface area contributed by atoms with Crippen molar-refractivity contribution in [2.45, 2.75) is 6.04 Å². The Morgan fingerprint density at radius 1 is 1.23 bits per heavy atom. The van der Waals surface area contributed by atoms with Gasteiger partial charge in [-0.05, 0) is 50.0 Å². The summed E-state index contributed by atoms with van der Waals surface area (Å²) in [6.07, 6.45) is 0. The minimum atomic E-state index is -0.118. The number of rotatable bonds is 6. The van der Waals surface area contributed by atoms with Crippen molar-refractivity contribution in [1.82, 2.24) is 15.2 Å². The summed E-state index contributed by atoms with van der Waals surface area (Å²) in [6, 6.07) is 15.7. The van der Waals surface area contributed by atoms with Crippen LogP contribution < -0.4 is 10.1 Å². The molecule has 1 heterocycles. The van der Waals surface area contributed by atoms with Crippen LogP contribution in [0.3, 0.4) is 0 Å². The molecule has 2 aromatic carbocycles. The standard InChI is InChI=1S/C20H22BrN3O2/c1-24(2)19(14-5-4-6-16(9-14)26-3)12-22-20(25)18-10-13-7-8-15(21)11-17(13)23-18/h4-11,19,23H,12H2,1-3H3,(H,22,25). The summed E-state index contributed by atoms with van der Waals surface area (Å²) in [5, 5.41) is 4.04. The number of halogens is 1. The Morgan fingerprint density at radius 3 is 2.77 bits per heavy atom. The molecule has 1 aromatic heterocycles. The second-order valence-corrected chi connectivity index (χ2v) is 7.30. The van der Waals surface area contributed by atoms with Gasteiger partial charge in [-0.25, -0.2) is 0 Å². The van der Waals surface area contributed by atoms with Crippen molar-refractivity contribution in [3.63, 3.8) is 0 Å². The van der Waals surface area contributed by atoms with E-state index in [4.69, 9.17) is 4.74 Å². The second-order valence-electron chi connectivity index (χ2n) is 6.38. The molecule has 1 unspecified atom stereocenters. The van der Waals surface area contributed by atoms with Crippen LogP contribution in [0.2, 0.25) is 0 Å². The third kappa shape index (κ3) is 4.08. The SMILES string of the molecule is COc1cccc(C(CNC(=O)c2cc3ccc(Br)cc3[nH]2)N(C)C)c1. The molecule has 136 valence electrons. The van der Waals surface area contributed by atoms with E-state index >= 15 is 0 Å². The van der Waals surface area contributed by atoms with Crippen LogP contribution in [-0.4, -0.2) is 43.5 Å². The van der Waals surface area contributed by atoms with E-state index in [1.807, 2.05) is 62.6 Å². The third-order valence-electron chi connectivity index (χ3n) is 4.39. The molecule has 0 saturated carbocycles. The lowest BCUT2D eigenvalue weighted by atomic mass is 10.1. The minimum absolute atomic E-state index is 0.0487. The smallest absolute Gasteiger partial charge is 0.267 e. The molecule has 0 radical (unpaired) electrons. The summed E-state index contributed by atoms with van der Waals surface area (Å²) in [4.78, 5) is 17.8. The first-order valence-electron chi connectivity index (χ1n) is 8.35. The molecule has 5 nitrogen and oxygen atoms in total. The fraction of sp³-hybridized carbons (Fsp3) is 0.250. The van der Waals surface area contributed by atoms with E-state index in [0.29, 0.717) is 12.2 Å². The van der Waals surface area contributed by atoms with Gasteiger partial charge in [0.2, 0.25) is 0 Å². The largest absolute Gasteiger partial charge is 0.497 e. The maximum Gasteiger partial charge on any atom is 0.267 e. The number of carbonyl (C=O) groups is 1. The molecule has 3 rings (SSSR count). The van der Waals surface area contributed by atoms with Gasteiger partial charge in [-0.1, -0.05) is 34.1 Å². The number of benzene rings is 2. The van der Waals surface area contributed by atoms with Crippen molar-refractivity contribution in [1.29, 1.82) is 0 Å². The highest BCUT2D eigenvalue weighted by Crippen LogP contribution is 2.23. The first-order valence-corrected chi connectivity index (χ1v) is 9.14. The van der Waals surface area contributed by atoms with Crippen LogP contribution in [0, 0.1) is 0 Å². The molecular formula is C20H22BrN3O2. The van der Waals surface area contributed by atoms with Gasteiger partial charge in [0.1, 0.15) is 11.4 Å². The zero-order chi connectivity index (χ0) is 18.7. The Balaban J connectivity index is 1.74. The lowest BCUT2D eigenvalue weighted by Crippen LogP contribution is -2.34. The van der Waals surface area contributed by atoms with Crippen molar-refractivity contribution < 1.29 is 9.53 Å². The van der Waals surface area contributed by atoms with Gasteiger partial charge in [0.25, 0.3) is 5.91 Å². The molecule has 0 bridgehead atoms. The summed E-state index contributed by atoms with van der Waals surface area (Å²) in [7, 11) is 5.65. The van der Waals surface area contributed by atoms with Gasteiger partial charge in [-0.3, -0.25) is 4.79 Å². The Bertz CT molecular complexity index is 920. The number of methoxy groups -OCH3 is 1. The number of aromatic nitrogens is 1. The lowest BCUT2D eigenvalue weighted by Gasteiger charge is -2.25. The molecule has 0 aliphatic carbocycles. The average molecular weight is 416 g/mol. The molecular weight excluding hydrogens is 394 g/mol. The van der Waals surface area contributed by atoms with Crippen molar-refractivity contribution in [3.05, 3.63) is 64.3 Å². The first-order chi connectivity index (χ1) is 12.5. The van der Waals surface area contributed by atoms with E-state index < -0.39 is 0 Å². The summed E-state index contributed by atoms with van der Waals surface area (Å²) >= 11 is 3.45. The topological polar surface area (TPSA) is 57.4 Å². The number of H-pyrrole nitrogens is 1. The number of hydrogen-bond acceptors (Lipinski definition) is 3. The molecule has 6 heteroatoms. The molecule has 1 amide bonds. The van der Waals surface area contributed by atoms with E-state index in [-0.39, 0.29) is 11.9 Å². The number of ether oxygens (including phenoxy) is 1. The Kier molecular flexibility index (Phi) is 5.64. The van der Waals surface area contributed by atoms with Crippen molar-refractivity contribution in [3.8, 4) is 5.75 Å². The molecule has 3 aromatic rings. The number of likely N-dealkylation sites (N-methyl/N-ethyl adjacent to an activating group) is 1. The zero-order valence-corrected chi connectivity index (χ0v) is 16.6. The van der Waals surface area contributed by atoms with Crippen molar-refractivity contribution in [2.75, 3.05) is 27.7 Å². The van der Waals surface area contributed by atoms with Crippen LogP contribution in [0.5, 0.6) is 5.75 Å². The Labute approximate surface area is 161 Å². The zero-order valence-electron chi connectivity index (χ0n) is 15.0. The lowest BCUT2D eigenvalue weighted by molar-refractivity contribution is 0.0937. The quantitative estimate of drug-likeness (QED) is 0.640. The third-order valence-corrected chi connectivity index (χ3v) is 4.88. The van der Waals surface area contributed by atoms with Gasteiger partial charge >= 0.3 is 0 Å². The Hall–Kier alpha value is -2.31. The summed E-state index contributed by atoms with van der Waals surface area (Å²) in [5.41, 5.74) is 2.58. The number of amides is 1. The minimum Gasteiger partial charge on any atom is -0.497 e. The van der Waals surface area contributed by atoms with Crippen LogP contribution in [-0.2, 0) is 0 Å². The Morgan fingerprint density at radius 2 is 2.04 bits per heavy atom. The van der Waals surface area contributed by atoms with Gasteiger partial charge in [0.15, 0.2) is 0 Å². The number of hydrogen-bond donors (Lipinski definition) is 2. The molecule has 26 heavy (non-hydrogen) atoms. The molecule has 0 aliphatic rings. The van der Waals surface area contributed by atoms with Gasteiger partial charge < -0.3 is 19.9 Å². The maximum absolute atomic E-state index is 12.6. The highest BCUT2D eigenvalue weighted by molar-refractivity contribution is 9.10. The maximum atomic E-state index is 12.6. The number of nitrogens with one attached hydrogen (secondary N) is 2. The number of aromatic amines is 1. The van der Waals surface area contributed by atoms with E-state index in [1.165, 1.54) is 0 Å². The van der Waals surface area contributed by atoms with Gasteiger partial charge in [0, 0.05) is 21.9 Å². The first kappa shape index (κ1) is 18.5. The van der Waals surface area contributed by atoms with Crippen molar-refractivity contribution >= 4 is 32.7 Å². The highest BCUT2D eigenvalue weighted by Gasteiger charge is 2.17. The molecule has 0 saturated heterocycles. The normalized spacial score (nSPS) is 12.3. The molecule has 0 fully saturated rings. The second kappa shape index (κ2) is 7.93. The van der Waals surface area contributed by atoms with E-state index in [9.17, 15) is 4.79 Å². The number of fused-ring (bicyclic) bond motifs is 1. The average Bonchev–Trinajstić information content (AvgIpc) is 3.05. The van der Waals surface area contributed by atoms with Crippen LogP contribution in [0.25, 0.3) is 10.9 Å². The van der Waals surface area contributed by atoms with Crippen LogP contribution in [0.1, 0.15) is 22.1 Å². The van der Waals surface area contributed by atoms with Crippen LogP contribution >= 0.6 is 15.9 Å². The fourth-order valence-corrected chi connectivity index (χ4v) is 3.31. The molecule has 0 aliphatic heterocycles. The van der Waals surface area contributed by atoms with Gasteiger partial charge in [0.05, 0.1) is 13.2 Å². The van der Waals surface area contributed by atoms with Crippen molar-refractivity contribution in [2.24, 2.45) is 0 Å². The van der Waals surface area contributed by atoms with Gasteiger partial charge in [-0.2, -0.15) is 0 Å². The number of nitrogens with zero attached hydrogens (tertiary/aromatic N) is 1. The van der Waals surface area contributed by atoms with E-state index in [0.717, 1.165) is 26.7 Å². The van der Waals surface area contributed by atoms with Crippen LogP contribution in [0.15, 0.2) is 53.0 Å². The van der Waals surface area contributed by atoms with Gasteiger partial charge in [-0.15, -0.1) is 0 Å². The van der Waals surface area contributed by atoms with Crippen LogP contribution in [0.4, 0.5) is 0 Å². The number of carbonyl (C=O) groups excluding carboxylic acids is 1. The summed E-state index contributed by atoms with van der Waals surface area (Å²) in [6.45, 7) is 0.498. The predicted octanol–water partition coefficient (Wildman–Crippen LogP) is 3.97. The fourth-order valence-electron chi connectivity index (χ4n) is 2.95. The summed E-state index contributed by atoms with van der Waals surface area (Å²) in [5.74, 6) is 0.689. The van der Waals surface area contributed by atoms with E-state index in [1.54, 1.807) is 7.11 Å². The molecule has 1 atom stereocenters. The highest BCUT2D eigenvalue weighted by atomic mass is 79.9. The van der Waals surface area contributed by atoms with E-state index in [2.05, 4.69) is 31.1 Å². The summed E-state index contributed by atoms with van der Waals surface area (Å²) < 4.78 is 6.28. The monoisotopic (exact) mass is 415 g/mol.